The fourth-order valence-corrected chi connectivity index (χ4v) is 2.22. The predicted molar refractivity (Wildman–Crippen MR) is 79.4 cm³/mol. The second-order valence-corrected chi connectivity index (χ2v) is 4.88. The highest BCUT2D eigenvalue weighted by molar-refractivity contribution is 5.95. The number of para-hydroxylation sites is 1. The third kappa shape index (κ3) is 2.91. The molecule has 0 amide bonds. The molecule has 21 heavy (non-hydrogen) atoms. The molecule has 0 radical (unpaired) electrons. The van der Waals surface area contributed by atoms with Crippen LogP contribution in [-0.2, 0) is 13.5 Å². The van der Waals surface area contributed by atoms with Gasteiger partial charge in [-0.1, -0.05) is 18.2 Å². The van der Waals surface area contributed by atoms with Gasteiger partial charge in [0.05, 0.1) is 17.4 Å². The van der Waals surface area contributed by atoms with Crippen molar-refractivity contribution in [2.45, 2.75) is 12.8 Å². The molecular formula is C16H16N4O. The quantitative estimate of drug-likeness (QED) is 0.674. The smallest absolute Gasteiger partial charge is 0.166 e. The first kappa shape index (κ1) is 13.3. The van der Waals surface area contributed by atoms with Crippen molar-refractivity contribution in [3.63, 3.8) is 0 Å². The van der Waals surface area contributed by atoms with E-state index in [0.29, 0.717) is 18.4 Å². The Morgan fingerprint density at radius 2 is 1.95 bits per heavy atom. The van der Waals surface area contributed by atoms with Gasteiger partial charge < -0.3 is 0 Å². The van der Waals surface area contributed by atoms with Gasteiger partial charge >= 0.3 is 0 Å². The minimum absolute atomic E-state index is 0.0957. The number of benzene rings is 1. The summed E-state index contributed by atoms with van der Waals surface area (Å²) in [5.41, 5.74) is 2.64. The topological polar surface area (TPSA) is 52.7 Å². The van der Waals surface area contributed by atoms with Gasteiger partial charge in [0.15, 0.2) is 5.78 Å². The summed E-state index contributed by atoms with van der Waals surface area (Å²) in [5.74, 6) is 0.0957. The Bertz CT molecular complexity index is 742. The SMILES string of the molecule is Cn1nccc1CCC(=O)c1cnn(-c2ccccc2)c1. The summed E-state index contributed by atoms with van der Waals surface area (Å²) in [7, 11) is 1.88. The molecule has 0 fully saturated rings. The van der Waals surface area contributed by atoms with Crippen LogP contribution in [0.1, 0.15) is 22.5 Å². The maximum absolute atomic E-state index is 12.2. The van der Waals surface area contributed by atoms with Crippen LogP contribution in [0, 0.1) is 0 Å². The van der Waals surface area contributed by atoms with Crippen molar-refractivity contribution in [2.75, 3.05) is 0 Å². The van der Waals surface area contributed by atoms with E-state index in [1.165, 1.54) is 0 Å². The lowest BCUT2D eigenvalue weighted by Crippen LogP contribution is -2.04. The third-order valence-electron chi connectivity index (χ3n) is 3.46. The van der Waals surface area contributed by atoms with Crippen LogP contribution in [0.5, 0.6) is 0 Å². The van der Waals surface area contributed by atoms with E-state index in [1.54, 1.807) is 28.0 Å². The Morgan fingerprint density at radius 1 is 1.14 bits per heavy atom. The first-order valence-electron chi connectivity index (χ1n) is 6.84. The number of rotatable bonds is 5. The molecule has 0 bridgehead atoms. The Morgan fingerprint density at radius 3 is 2.67 bits per heavy atom. The molecule has 0 aliphatic heterocycles. The molecule has 0 unspecified atom stereocenters. The van der Waals surface area contributed by atoms with E-state index < -0.39 is 0 Å². The zero-order valence-electron chi connectivity index (χ0n) is 11.8. The number of nitrogens with zero attached hydrogens (tertiary/aromatic N) is 4. The summed E-state index contributed by atoms with van der Waals surface area (Å²) in [4.78, 5) is 12.2. The molecule has 5 nitrogen and oxygen atoms in total. The Hall–Kier alpha value is -2.69. The van der Waals surface area contributed by atoms with E-state index in [0.717, 1.165) is 11.4 Å². The molecule has 0 spiro atoms. The minimum atomic E-state index is 0.0957. The number of hydrogen-bond donors (Lipinski definition) is 0. The molecule has 0 saturated heterocycles. The molecule has 106 valence electrons. The molecular weight excluding hydrogens is 264 g/mol. The Balaban J connectivity index is 1.69. The van der Waals surface area contributed by atoms with Gasteiger partial charge in [0.1, 0.15) is 0 Å². The summed E-state index contributed by atoms with van der Waals surface area (Å²) >= 11 is 0. The van der Waals surface area contributed by atoms with Crippen LogP contribution in [0.15, 0.2) is 55.0 Å². The molecule has 1 aromatic carbocycles. The number of carbonyl (C=O) groups excluding carboxylic acids is 1. The number of ketones is 1. The van der Waals surface area contributed by atoms with Crippen molar-refractivity contribution < 1.29 is 4.79 Å². The van der Waals surface area contributed by atoms with Crippen LogP contribution >= 0.6 is 0 Å². The summed E-state index contributed by atoms with van der Waals surface area (Å²) < 4.78 is 3.51. The van der Waals surface area contributed by atoms with Crippen LogP contribution in [0.25, 0.3) is 5.69 Å². The van der Waals surface area contributed by atoms with Gasteiger partial charge in [-0.05, 0) is 24.6 Å². The average Bonchev–Trinajstić information content (AvgIpc) is 3.15. The molecule has 0 aliphatic rings. The summed E-state index contributed by atoms with van der Waals surface area (Å²) in [6, 6.07) is 11.7. The fraction of sp³-hybridized carbons (Fsp3) is 0.188. The van der Waals surface area contributed by atoms with E-state index in [1.807, 2.05) is 43.4 Å². The highest BCUT2D eigenvalue weighted by Crippen LogP contribution is 2.11. The van der Waals surface area contributed by atoms with Crippen molar-refractivity contribution in [1.82, 2.24) is 19.6 Å². The number of Topliss-reactive ketones (excluding diaryl/α,β-unsaturated/α-hetero) is 1. The predicted octanol–water partition coefficient (Wildman–Crippen LogP) is 2.42. The first-order chi connectivity index (χ1) is 10.2. The van der Waals surface area contributed by atoms with Gasteiger partial charge in [-0.3, -0.25) is 9.48 Å². The highest BCUT2D eigenvalue weighted by Gasteiger charge is 2.10. The van der Waals surface area contributed by atoms with Gasteiger partial charge in [0.2, 0.25) is 0 Å². The lowest BCUT2D eigenvalue weighted by Gasteiger charge is -2.01. The fourth-order valence-electron chi connectivity index (χ4n) is 2.22. The molecule has 2 aromatic heterocycles. The van der Waals surface area contributed by atoms with Gasteiger partial charge in [0.25, 0.3) is 0 Å². The van der Waals surface area contributed by atoms with Gasteiger partial charge in [-0.15, -0.1) is 0 Å². The maximum Gasteiger partial charge on any atom is 0.166 e. The molecule has 2 heterocycles. The number of aromatic nitrogens is 4. The normalized spacial score (nSPS) is 10.7. The lowest BCUT2D eigenvalue weighted by molar-refractivity contribution is 0.0982. The molecule has 0 aliphatic carbocycles. The van der Waals surface area contributed by atoms with Crippen LogP contribution < -0.4 is 0 Å². The van der Waals surface area contributed by atoms with Crippen LogP contribution in [0.2, 0.25) is 0 Å². The standard InChI is InChI=1S/C16H16N4O/c1-19-14(9-10-17-19)7-8-16(21)13-11-18-20(12-13)15-5-3-2-4-6-15/h2-6,9-12H,7-8H2,1H3. The number of carbonyl (C=O) groups is 1. The van der Waals surface area contributed by atoms with E-state index in [4.69, 9.17) is 0 Å². The maximum atomic E-state index is 12.2. The summed E-state index contributed by atoms with van der Waals surface area (Å²) in [5, 5.41) is 8.35. The van der Waals surface area contributed by atoms with Gasteiger partial charge in [-0.2, -0.15) is 10.2 Å². The van der Waals surface area contributed by atoms with E-state index in [2.05, 4.69) is 10.2 Å². The van der Waals surface area contributed by atoms with Gasteiger partial charge in [0, 0.05) is 31.6 Å². The lowest BCUT2D eigenvalue weighted by atomic mass is 10.1. The third-order valence-corrected chi connectivity index (χ3v) is 3.46. The monoisotopic (exact) mass is 280 g/mol. The van der Waals surface area contributed by atoms with E-state index in [9.17, 15) is 4.79 Å². The zero-order chi connectivity index (χ0) is 14.7. The summed E-state index contributed by atoms with van der Waals surface area (Å²) in [6.07, 6.45) is 6.29. The van der Waals surface area contributed by atoms with E-state index >= 15 is 0 Å². The highest BCUT2D eigenvalue weighted by atomic mass is 16.1. The van der Waals surface area contributed by atoms with Crippen molar-refractivity contribution in [3.05, 3.63) is 66.2 Å². The van der Waals surface area contributed by atoms with Crippen molar-refractivity contribution >= 4 is 5.78 Å². The Labute approximate surface area is 122 Å². The zero-order valence-corrected chi connectivity index (χ0v) is 11.8. The Kier molecular flexibility index (Phi) is 3.64. The average molecular weight is 280 g/mol. The largest absolute Gasteiger partial charge is 0.294 e. The molecule has 0 atom stereocenters. The second kappa shape index (κ2) is 5.75. The molecule has 3 rings (SSSR count). The number of hydrogen-bond acceptors (Lipinski definition) is 3. The minimum Gasteiger partial charge on any atom is -0.294 e. The van der Waals surface area contributed by atoms with Crippen molar-refractivity contribution in [3.8, 4) is 5.69 Å². The van der Waals surface area contributed by atoms with E-state index in [-0.39, 0.29) is 5.78 Å². The molecule has 5 heteroatoms. The molecule has 0 N–H and O–H groups in total. The second-order valence-electron chi connectivity index (χ2n) is 4.88. The number of aryl methyl sites for hydroxylation is 2. The van der Waals surface area contributed by atoms with Crippen molar-refractivity contribution in [2.24, 2.45) is 7.05 Å². The van der Waals surface area contributed by atoms with Crippen molar-refractivity contribution in [1.29, 1.82) is 0 Å². The van der Waals surface area contributed by atoms with Gasteiger partial charge in [-0.25, -0.2) is 4.68 Å². The van der Waals surface area contributed by atoms with Crippen LogP contribution in [0.3, 0.4) is 0 Å². The summed E-state index contributed by atoms with van der Waals surface area (Å²) in [6.45, 7) is 0. The van der Waals surface area contributed by atoms with Crippen LogP contribution in [-0.4, -0.2) is 25.3 Å². The first-order valence-corrected chi connectivity index (χ1v) is 6.84. The molecule has 0 saturated carbocycles. The molecule has 3 aromatic rings. The van der Waals surface area contributed by atoms with Crippen LogP contribution in [0.4, 0.5) is 0 Å².